The molecule has 6 nitrogen and oxygen atoms in total. The van der Waals surface area contributed by atoms with Crippen LogP contribution in [0.1, 0.15) is 17.7 Å². The van der Waals surface area contributed by atoms with Gasteiger partial charge in [-0.15, -0.1) is 0 Å². The van der Waals surface area contributed by atoms with Gasteiger partial charge < -0.3 is 10.4 Å². The van der Waals surface area contributed by atoms with Gasteiger partial charge in [0, 0.05) is 31.9 Å². The van der Waals surface area contributed by atoms with Gasteiger partial charge in [0.2, 0.25) is 5.91 Å². The molecule has 1 atom stereocenters. The zero-order valence-corrected chi connectivity index (χ0v) is 13.1. The van der Waals surface area contributed by atoms with Gasteiger partial charge in [0.1, 0.15) is 0 Å². The van der Waals surface area contributed by atoms with Crippen molar-refractivity contribution in [3.05, 3.63) is 53.9 Å². The number of hydrogen-bond acceptors (Lipinski definition) is 3. The molecule has 1 aromatic carbocycles. The second-order valence-corrected chi connectivity index (χ2v) is 5.48. The lowest BCUT2D eigenvalue weighted by Crippen LogP contribution is -2.34. The van der Waals surface area contributed by atoms with Crippen LogP contribution in [0.4, 0.5) is 0 Å². The van der Waals surface area contributed by atoms with Crippen molar-refractivity contribution >= 4 is 11.9 Å². The fourth-order valence-corrected chi connectivity index (χ4v) is 2.36. The maximum Gasteiger partial charge on any atom is 0.308 e. The Hall–Kier alpha value is -2.63. The molecule has 0 saturated carbocycles. The number of aryl methyl sites for hydroxylation is 2. The summed E-state index contributed by atoms with van der Waals surface area (Å²) in [7, 11) is 1.83. The van der Waals surface area contributed by atoms with E-state index in [1.54, 1.807) is 10.9 Å². The van der Waals surface area contributed by atoms with Gasteiger partial charge in [-0.2, -0.15) is 5.10 Å². The summed E-state index contributed by atoms with van der Waals surface area (Å²) in [6, 6.07) is 11.3. The van der Waals surface area contributed by atoms with Crippen molar-refractivity contribution in [3.63, 3.8) is 0 Å². The molecule has 2 rings (SSSR count). The Morgan fingerprint density at radius 2 is 2.00 bits per heavy atom. The molecular weight excluding hydrogens is 294 g/mol. The Morgan fingerprint density at radius 1 is 1.26 bits per heavy atom. The third-order valence-corrected chi connectivity index (χ3v) is 3.75. The molecule has 0 aliphatic rings. The Balaban J connectivity index is 1.80. The fourth-order valence-electron chi connectivity index (χ4n) is 2.36. The highest BCUT2D eigenvalue weighted by Gasteiger charge is 2.19. The lowest BCUT2D eigenvalue weighted by molar-refractivity contribution is -0.141. The summed E-state index contributed by atoms with van der Waals surface area (Å²) in [5.74, 6) is -1.68. The number of nitrogens with one attached hydrogen (secondary N) is 1. The van der Waals surface area contributed by atoms with Crippen LogP contribution < -0.4 is 5.32 Å². The minimum Gasteiger partial charge on any atom is -0.481 e. The molecule has 1 unspecified atom stereocenters. The summed E-state index contributed by atoms with van der Waals surface area (Å²) in [5.41, 5.74) is 1.92. The predicted molar refractivity (Wildman–Crippen MR) is 85.8 cm³/mol. The molecule has 2 aromatic rings. The van der Waals surface area contributed by atoms with E-state index in [0.29, 0.717) is 19.3 Å². The molecule has 6 heteroatoms. The van der Waals surface area contributed by atoms with Crippen molar-refractivity contribution < 1.29 is 14.7 Å². The van der Waals surface area contributed by atoms with E-state index in [-0.39, 0.29) is 12.5 Å². The van der Waals surface area contributed by atoms with E-state index in [0.717, 1.165) is 11.3 Å². The Bertz CT molecular complexity index is 652. The number of benzene rings is 1. The van der Waals surface area contributed by atoms with Crippen molar-refractivity contribution in [2.45, 2.75) is 19.3 Å². The lowest BCUT2D eigenvalue weighted by Gasteiger charge is -2.13. The van der Waals surface area contributed by atoms with Crippen molar-refractivity contribution in [1.29, 1.82) is 0 Å². The van der Waals surface area contributed by atoms with E-state index in [2.05, 4.69) is 10.4 Å². The van der Waals surface area contributed by atoms with Crippen LogP contribution in [0.5, 0.6) is 0 Å². The number of carbonyl (C=O) groups is 2. The first kappa shape index (κ1) is 16.7. The number of aromatic nitrogens is 2. The molecule has 0 radical (unpaired) electrons. The first-order chi connectivity index (χ1) is 11.1. The van der Waals surface area contributed by atoms with Crippen LogP contribution in [0, 0.1) is 5.92 Å². The first-order valence-electron chi connectivity index (χ1n) is 7.56. The molecule has 1 heterocycles. The highest BCUT2D eigenvalue weighted by Crippen LogP contribution is 2.09. The molecule has 0 bridgehead atoms. The molecular formula is C17H21N3O3. The minimum absolute atomic E-state index is 0.133. The second-order valence-electron chi connectivity index (χ2n) is 5.48. The topological polar surface area (TPSA) is 84.2 Å². The second kappa shape index (κ2) is 8.12. The standard InChI is InChI=1S/C17H21N3O3/c1-20-15(9-10-19-20)7-8-16(21)18-12-14(17(22)23)11-13-5-3-2-4-6-13/h2-6,9-10,14H,7-8,11-12H2,1H3,(H,18,21)(H,22,23). The number of hydrogen-bond donors (Lipinski definition) is 2. The van der Waals surface area contributed by atoms with Crippen LogP contribution in [0.2, 0.25) is 0 Å². The fraction of sp³-hybridized carbons (Fsp3) is 0.353. The third-order valence-electron chi connectivity index (χ3n) is 3.75. The Morgan fingerprint density at radius 3 is 2.61 bits per heavy atom. The largest absolute Gasteiger partial charge is 0.481 e. The van der Waals surface area contributed by atoms with Crippen LogP contribution in [0.3, 0.4) is 0 Å². The SMILES string of the molecule is Cn1nccc1CCC(=O)NCC(Cc1ccccc1)C(=O)O. The maximum atomic E-state index is 11.9. The number of rotatable bonds is 8. The van der Waals surface area contributed by atoms with Gasteiger partial charge in [0.05, 0.1) is 5.92 Å². The Labute approximate surface area is 135 Å². The van der Waals surface area contributed by atoms with E-state index >= 15 is 0 Å². The lowest BCUT2D eigenvalue weighted by atomic mass is 9.99. The maximum absolute atomic E-state index is 11.9. The van der Waals surface area contributed by atoms with Crippen molar-refractivity contribution in [1.82, 2.24) is 15.1 Å². The van der Waals surface area contributed by atoms with Crippen LogP contribution in [0.25, 0.3) is 0 Å². The zero-order valence-electron chi connectivity index (χ0n) is 13.1. The monoisotopic (exact) mass is 315 g/mol. The third kappa shape index (κ3) is 5.25. The summed E-state index contributed by atoms with van der Waals surface area (Å²) < 4.78 is 1.72. The zero-order chi connectivity index (χ0) is 16.7. The molecule has 0 aliphatic carbocycles. The van der Waals surface area contributed by atoms with E-state index < -0.39 is 11.9 Å². The first-order valence-corrected chi connectivity index (χ1v) is 7.56. The number of nitrogens with zero attached hydrogens (tertiary/aromatic N) is 2. The summed E-state index contributed by atoms with van der Waals surface area (Å²) in [4.78, 5) is 23.2. The molecule has 23 heavy (non-hydrogen) atoms. The van der Waals surface area contributed by atoms with Crippen LogP contribution in [0.15, 0.2) is 42.6 Å². The predicted octanol–water partition coefficient (Wildman–Crippen LogP) is 1.41. The summed E-state index contributed by atoms with van der Waals surface area (Å²) in [6.45, 7) is 0.133. The number of carboxylic acid groups (broad SMARTS) is 1. The van der Waals surface area contributed by atoms with Crippen molar-refractivity contribution in [2.75, 3.05) is 6.54 Å². The number of carbonyl (C=O) groups excluding carboxylic acids is 1. The molecule has 0 spiro atoms. The summed E-state index contributed by atoms with van der Waals surface area (Å²) in [6.07, 6.45) is 2.99. The quantitative estimate of drug-likeness (QED) is 0.771. The van der Waals surface area contributed by atoms with Crippen LogP contribution in [-0.2, 0) is 29.5 Å². The molecule has 0 saturated heterocycles. The van der Waals surface area contributed by atoms with E-state index in [9.17, 15) is 14.7 Å². The summed E-state index contributed by atoms with van der Waals surface area (Å²) in [5, 5.41) is 16.1. The molecule has 2 N–H and O–H groups in total. The Kier molecular flexibility index (Phi) is 5.91. The minimum atomic E-state index is -0.902. The average Bonchev–Trinajstić information content (AvgIpc) is 2.95. The van der Waals surface area contributed by atoms with E-state index in [4.69, 9.17) is 0 Å². The summed E-state index contributed by atoms with van der Waals surface area (Å²) >= 11 is 0. The number of amides is 1. The van der Waals surface area contributed by atoms with Gasteiger partial charge in [-0.25, -0.2) is 0 Å². The normalized spacial score (nSPS) is 11.9. The van der Waals surface area contributed by atoms with Crippen molar-refractivity contribution in [2.24, 2.45) is 13.0 Å². The molecule has 122 valence electrons. The highest BCUT2D eigenvalue weighted by molar-refractivity contribution is 5.77. The number of carboxylic acids is 1. The van der Waals surface area contributed by atoms with Gasteiger partial charge in [0.25, 0.3) is 0 Å². The average molecular weight is 315 g/mol. The molecule has 1 amide bonds. The van der Waals surface area contributed by atoms with Gasteiger partial charge in [-0.05, 0) is 24.5 Å². The van der Waals surface area contributed by atoms with Crippen molar-refractivity contribution in [3.8, 4) is 0 Å². The van der Waals surface area contributed by atoms with Gasteiger partial charge >= 0.3 is 5.97 Å². The molecule has 1 aromatic heterocycles. The van der Waals surface area contributed by atoms with E-state index in [1.807, 2.05) is 43.4 Å². The molecule has 0 fully saturated rings. The van der Waals surface area contributed by atoms with E-state index in [1.165, 1.54) is 0 Å². The smallest absolute Gasteiger partial charge is 0.308 e. The van der Waals surface area contributed by atoms with Gasteiger partial charge in [-0.1, -0.05) is 30.3 Å². The van der Waals surface area contributed by atoms with Crippen LogP contribution >= 0.6 is 0 Å². The van der Waals surface area contributed by atoms with Gasteiger partial charge in [0.15, 0.2) is 0 Å². The van der Waals surface area contributed by atoms with Gasteiger partial charge in [-0.3, -0.25) is 14.3 Å². The highest BCUT2D eigenvalue weighted by atomic mass is 16.4. The molecule has 0 aliphatic heterocycles. The number of aliphatic carboxylic acids is 1. The van der Waals surface area contributed by atoms with Crippen LogP contribution in [-0.4, -0.2) is 33.3 Å².